The number of para-hydroxylation sites is 1. The predicted octanol–water partition coefficient (Wildman–Crippen LogP) is 3.73. The molecule has 1 aromatic heterocycles. The van der Waals surface area contributed by atoms with E-state index in [4.69, 9.17) is 0 Å². The summed E-state index contributed by atoms with van der Waals surface area (Å²) in [6, 6.07) is 23.2. The lowest BCUT2D eigenvalue weighted by molar-refractivity contribution is 0.0945. The van der Waals surface area contributed by atoms with Gasteiger partial charge in [-0.2, -0.15) is 5.10 Å². The number of nitrogens with one attached hydrogen (secondary N) is 2. The number of hydrogen-bond acceptors (Lipinski definition) is 4. The molecule has 0 aliphatic heterocycles. The molecule has 0 radical (unpaired) electrons. The molecule has 7 nitrogen and oxygen atoms in total. The van der Waals surface area contributed by atoms with Crippen molar-refractivity contribution in [2.24, 2.45) is 0 Å². The number of rotatable bonds is 8. The van der Waals surface area contributed by atoms with E-state index in [1.807, 2.05) is 37.3 Å². The molecule has 34 heavy (non-hydrogen) atoms. The van der Waals surface area contributed by atoms with Gasteiger partial charge in [0, 0.05) is 18.8 Å². The Morgan fingerprint density at radius 1 is 0.912 bits per heavy atom. The normalized spacial score (nSPS) is 11.4. The highest BCUT2D eigenvalue weighted by Crippen LogP contribution is 2.14. The number of carbonyl (C=O) groups is 1. The maximum absolute atomic E-state index is 13.3. The summed E-state index contributed by atoms with van der Waals surface area (Å²) in [4.78, 5) is 12.7. The van der Waals surface area contributed by atoms with E-state index in [-0.39, 0.29) is 29.6 Å². The molecule has 4 rings (SSSR count). The molecule has 0 saturated heterocycles. The number of nitrogens with zero attached hydrogens (tertiary/aromatic N) is 2. The maximum Gasteiger partial charge on any atom is 0.272 e. The van der Waals surface area contributed by atoms with Crippen molar-refractivity contribution in [1.82, 2.24) is 19.8 Å². The summed E-state index contributed by atoms with van der Waals surface area (Å²) >= 11 is 0. The molecule has 0 bridgehead atoms. The third-order valence-corrected chi connectivity index (χ3v) is 6.54. The number of benzene rings is 3. The van der Waals surface area contributed by atoms with E-state index in [1.165, 1.54) is 30.3 Å². The third-order valence-electron chi connectivity index (χ3n) is 5.14. The van der Waals surface area contributed by atoms with Crippen molar-refractivity contribution in [3.63, 3.8) is 0 Å². The van der Waals surface area contributed by atoms with Crippen molar-refractivity contribution < 1.29 is 17.6 Å². The number of aryl methyl sites for hydroxylation is 1. The zero-order valence-electron chi connectivity index (χ0n) is 18.4. The SMILES string of the molecule is Cc1cc(C(=O)NCc2cccc(S(=O)(=O)NCc3cccc(F)c3)c2)nn1-c1ccccc1. The molecule has 0 saturated carbocycles. The first-order chi connectivity index (χ1) is 16.3. The van der Waals surface area contributed by atoms with Crippen molar-refractivity contribution in [2.45, 2.75) is 24.9 Å². The lowest BCUT2D eigenvalue weighted by Gasteiger charge is -2.09. The number of halogens is 1. The second-order valence-electron chi connectivity index (χ2n) is 7.70. The smallest absolute Gasteiger partial charge is 0.272 e. The standard InChI is InChI=1S/C25H23FN4O3S/c1-18-13-24(29-30(18)22-10-3-2-4-11-22)25(31)27-16-20-8-6-12-23(15-20)34(32,33)28-17-19-7-5-9-21(26)14-19/h2-15,28H,16-17H2,1H3,(H,27,31). The Labute approximate surface area is 197 Å². The Morgan fingerprint density at radius 2 is 1.62 bits per heavy atom. The largest absolute Gasteiger partial charge is 0.347 e. The molecule has 0 fully saturated rings. The van der Waals surface area contributed by atoms with Gasteiger partial charge < -0.3 is 5.32 Å². The van der Waals surface area contributed by atoms with Crippen molar-refractivity contribution in [1.29, 1.82) is 0 Å². The van der Waals surface area contributed by atoms with Crippen LogP contribution in [0.25, 0.3) is 5.69 Å². The highest BCUT2D eigenvalue weighted by molar-refractivity contribution is 7.89. The Bertz CT molecular complexity index is 1420. The van der Waals surface area contributed by atoms with Crippen LogP contribution in [0.4, 0.5) is 4.39 Å². The van der Waals surface area contributed by atoms with Gasteiger partial charge in [-0.05, 0) is 60.5 Å². The van der Waals surface area contributed by atoms with Crippen LogP contribution in [0.2, 0.25) is 0 Å². The number of hydrogen-bond donors (Lipinski definition) is 2. The minimum Gasteiger partial charge on any atom is -0.347 e. The summed E-state index contributed by atoms with van der Waals surface area (Å²) in [5.74, 6) is -0.798. The monoisotopic (exact) mass is 478 g/mol. The number of carbonyl (C=O) groups excluding carboxylic acids is 1. The molecular weight excluding hydrogens is 455 g/mol. The summed E-state index contributed by atoms with van der Waals surface area (Å²) < 4.78 is 42.8. The first-order valence-electron chi connectivity index (χ1n) is 10.6. The van der Waals surface area contributed by atoms with Crippen LogP contribution in [0.3, 0.4) is 0 Å². The first-order valence-corrected chi connectivity index (χ1v) is 12.0. The molecule has 9 heteroatoms. The van der Waals surface area contributed by atoms with Crippen LogP contribution in [-0.2, 0) is 23.1 Å². The van der Waals surface area contributed by atoms with E-state index in [9.17, 15) is 17.6 Å². The van der Waals surface area contributed by atoms with Crippen LogP contribution in [0.5, 0.6) is 0 Å². The minimum absolute atomic E-state index is 0.0372. The zero-order chi connectivity index (χ0) is 24.1. The lowest BCUT2D eigenvalue weighted by Crippen LogP contribution is -2.25. The molecule has 0 spiro atoms. The van der Waals surface area contributed by atoms with Crippen LogP contribution in [0.1, 0.15) is 27.3 Å². The fourth-order valence-electron chi connectivity index (χ4n) is 3.42. The Kier molecular flexibility index (Phi) is 6.85. The van der Waals surface area contributed by atoms with Gasteiger partial charge in [0.2, 0.25) is 10.0 Å². The van der Waals surface area contributed by atoms with Crippen LogP contribution in [-0.4, -0.2) is 24.1 Å². The van der Waals surface area contributed by atoms with Gasteiger partial charge in [0.05, 0.1) is 10.6 Å². The highest BCUT2D eigenvalue weighted by Gasteiger charge is 2.16. The van der Waals surface area contributed by atoms with E-state index < -0.39 is 15.8 Å². The van der Waals surface area contributed by atoms with E-state index in [0.29, 0.717) is 11.1 Å². The summed E-state index contributed by atoms with van der Waals surface area (Å²) in [6.07, 6.45) is 0. The molecule has 4 aromatic rings. The van der Waals surface area contributed by atoms with Crippen LogP contribution in [0, 0.1) is 12.7 Å². The predicted molar refractivity (Wildman–Crippen MR) is 126 cm³/mol. The number of sulfonamides is 1. The van der Waals surface area contributed by atoms with Gasteiger partial charge in [-0.1, -0.05) is 42.5 Å². The highest BCUT2D eigenvalue weighted by atomic mass is 32.2. The van der Waals surface area contributed by atoms with Crippen molar-refractivity contribution in [3.8, 4) is 5.69 Å². The van der Waals surface area contributed by atoms with E-state index >= 15 is 0 Å². The number of amides is 1. The van der Waals surface area contributed by atoms with E-state index in [1.54, 1.807) is 28.9 Å². The van der Waals surface area contributed by atoms with Gasteiger partial charge in [0.15, 0.2) is 5.69 Å². The van der Waals surface area contributed by atoms with Gasteiger partial charge in [-0.25, -0.2) is 22.2 Å². The molecule has 174 valence electrons. The molecule has 1 amide bonds. The Hall–Kier alpha value is -3.82. The molecule has 0 aliphatic rings. The quantitative estimate of drug-likeness (QED) is 0.404. The fourth-order valence-corrected chi connectivity index (χ4v) is 4.51. The zero-order valence-corrected chi connectivity index (χ0v) is 19.2. The average Bonchev–Trinajstić information content (AvgIpc) is 3.24. The molecule has 0 unspecified atom stereocenters. The number of aromatic nitrogens is 2. The van der Waals surface area contributed by atoms with Crippen LogP contribution < -0.4 is 10.0 Å². The van der Waals surface area contributed by atoms with Crippen LogP contribution >= 0.6 is 0 Å². The second kappa shape index (κ2) is 9.98. The molecule has 0 aliphatic carbocycles. The molecular formula is C25H23FN4O3S. The third kappa shape index (κ3) is 5.56. The van der Waals surface area contributed by atoms with Crippen LogP contribution in [0.15, 0.2) is 89.8 Å². The second-order valence-corrected chi connectivity index (χ2v) is 9.47. The fraction of sp³-hybridized carbons (Fsp3) is 0.120. The first kappa shape index (κ1) is 23.3. The lowest BCUT2D eigenvalue weighted by atomic mass is 10.2. The molecule has 3 aromatic carbocycles. The maximum atomic E-state index is 13.3. The molecule has 2 N–H and O–H groups in total. The van der Waals surface area contributed by atoms with Crippen molar-refractivity contribution >= 4 is 15.9 Å². The van der Waals surface area contributed by atoms with Gasteiger partial charge in [-0.15, -0.1) is 0 Å². The summed E-state index contributed by atoms with van der Waals surface area (Å²) in [6.45, 7) is 1.95. The van der Waals surface area contributed by atoms with Gasteiger partial charge in [0.1, 0.15) is 5.82 Å². The summed E-state index contributed by atoms with van der Waals surface area (Å²) in [5, 5.41) is 7.16. The minimum atomic E-state index is -3.82. The molecule has 0 atom stereocenters. The van der Waals surface area contributed by atoms with Crippen molar-refractivity contribution in [3.05, 3.63) is 113 Å². The van der Waals surface area contributed by atoms with Gasteiger partial charge >= 0.3 is 0 Å². The van der Waals surface area contributed by atoms with E-state index in [2.05, 4.69) is 15.1 Å². The topological polar surface area (TPSA) is 93.1 Å². The average molecular weight is 479 g/mol. The van der Waals surface area contributed by atoms with Gasteiger partial charge in [-0.3, -0.25) is 4.79 Å². The Balaban J connectivity index is 1.41. The van der Waals surface area contributed by atoms with E-state index in [0.717, 1.165) is 11.4 Å². The summed E-state index contributed by atoms with van der Waals surface area (Å²) in [5.41, 5.74) is 3.05. The van der Waals surface area contributed by atoms with Gasteiger partial charge in [0.25, 0.3) is 5.91 Å². The summed E-state index contributed by atoms with van der Waals surface area (Å²) in [7, 11) is -3.82. The Morgan fingerprint density at radius 3 is 2.35 bits per heavy atom. The molecule has 1 heterocycles. The van der Waals surface area contributed by atoms with Crippen molar-refractivity contribution in [2.75, 3.05) is 0 Å².